The van der Waals surface area contributed by atoms with Crippen LogP contribution in [0.3, 0.4) is 0 Å². The first kappa shape index (κ1) is 18.0. The largest absolute Gasteiger partial charge is 0.463 e. The van der Waals surface area contributed by atoms with Crippen LogP contribution in [0.1, 0.15) is 17.3 Å². The van der Waals surface area contributed by atoms with Crippen molar-refractivity contribution in [2.75, 3.05) is 0 Å². The molecular weight excluding hydrogens is 407 g/mol. The van der Waals surface area contributed by atoms with E-state index in [4.69, 9.17) is 27.6 Å². The molecular formula is C19H12Cl2N2O3S. The van der Waals surface area contributed by atoms with Crippen LogP contribution in [0.4, 0.5) is 0 Å². The summed E-state index contributed by atoms with van der Waals surface area (Å²) in [6.07, 6.45) is 1.16. The van der Waals surface area contributed by atoms with E-state index in [9.17, 15) is 9.59 Å². The number of hydrogen-bond donors (Lipinski definition) is 0. The number of carbonyl (C=O) groups excluding carboxylic acids is 1. The molecule has 8 heteroatoms. The Morgan fingerprint density at radius 3 is 2.81 bits per heavy atom. The standard InChI is InChI=1S/C19H12Cl2N2O3S/c1-2-23-16-13(21)7-10(20)8-15(16)27-19(23)22-18(25)12-9-26-14-6-4-3-5-11(14)17(12)24/h3-9H,2H2,1H3. The molecule has 0 radical (unpaired) electrons. The number of carbonyl (C=O) groups is 1. The van der Waals surface area contributed by atoms with E-state index in [0.29, 0.717) is 32.4 Å². The number of halogens is 2. The summed E-state index contributed by atoms with van der Waals surface area (Å²) in [6, 6.07) is 10.2. The number of aryl methyl sites for hydroxylation is 1. The van der Waals surface area contributed by atoms with E-state index in [0.717, 1.165) is 16.5 Å². The van der Waals surface area contributed by atoms with Gasteiger partial charge in [0.15, 0.2) is 4.80 Å². The third kappa shape index (κ3) is 3.10. The molecule has 0 unspecified atom stereocenters. The van der Waals surface area contributed by atoms with Gasteiger partial charge in [0.2, 0.25) is 5.43 Å². The predicted octanol–water partition coefficient (Wildman–Crippen LogP) is 4.88. The van der Waals surface area contributed by atoms with Crippen LogP contribution >= 0.6 is 34.5 Å². The number of para-hydroxylation sites is 1. The van der Waals surface area contributed by atoms with Gasteiger partial charge in [-0.1, -0.05) is 46.7 Å². The number of thiazole rings is 1. The minimum atomic E-state index is -0.662. The summed E-state index contributed by atoms with van der Waals surface area (Å²) in [5.41, 5.74) is 0.658. The van der Waals surface area contributed by atoms with Gasteiger partial charge in [0.25, 0.3) is 5.91 Å². The van der Waals surface area contributed by atoms with Gasteiger partial charge in [0.1, 0.15) is 17.4 Å². The van der Waals surface area contributed by atoms with Crippen LogP contribution in [0.15, 0.2) is 56.9 Å². The van der Waals surface area contributed by atoms with E-state index < -0.39 is 11.3 Å². The highest BCUT2D eigenvalue weighted by Crippen LogP contribution is 2.29. The lowest BCUT2D eigenvalue weighted by atomic mass is 10.2. The summed E-state index contributed by atoms with van der Waals surface area (Å²) in [7, 11) is 0. The number of benzene rings is 2. The van der Waals surface area contributed by atoms with Crippen molar-refractivity contribution in [1.29, 1.82) is 0 Å². The molecule has 0 bridgehead atoms. The zero-order chi connectivity index (χ0) is 19.1. The van der Waals surface area contributed by atoms with E-state index in [2.05, 4.69) is 4.99 Å². The maximum atomic E-state index is 12.7. The highest BCUT2D eigenvalue weighted by atomic mass is 35.5. The second-order valence-corrected chi connectivity index (χ2v) is 7.61. The molecule has 0 N–H and O–H groups in total. The van der Waals surface area contributed by atoms with Gasteiger partial charge in [0.05, 0.1) is 20.6 Å². The third-order valence-corrected chi connectivity index (χ3v) is 5.65. The number of nitrogens with zero attached hydrogens (tertiary/aromatic N) is 2. The second-order valence-electron chi connectivity index (χ2n) is 5.75. The number of rotatable bonds is 2. The topological polar surface area (TPSA) is 64.6 Å². The van der Waals surface area contributed by atoms with Gasteiger partial charge in [0, 0.05) is 11.6 Å². The Labute approximate surface area is 167 Å². The summed E-state index contributed by atoms with van der Waals surface area (Å²) in [6.45, 7) is 2.48. The molecule has 136 valence electrons. The molecule has 0 atom stereocenters. The second kappa shape index (κ2) is 6.96. The molecule has 1 amide bonds. The number of aromatic nitrogens is 1. The summed E-state index contributed by atoms with van der Waals surface area (Å²) in [5.74, 6) is -0.662. The van der Waals surface area contributed by atoms with E-state index >= 15 is 0 Å². The molecule has 0 aliphatic heterocycles. The van der Waals surface area contributed by atoms with Crippen molar-refractivity contribution >= 4 is 61.6 Å². The normalized spacial score (nSPS) is 12.2. The number of hydrogen-bond acceptors (Lipinski definition) is 4. The molecule has 4 aromatic rings. The van der Waals surface area contributed by atoms with Crippen molar-refractivity contribution in [2.45, 2.75) is 13.5 Å². The van der Waals surface area contributed by atoms with Gasteiger partial charge in [-0.2, -0.15) is 4.99 Å². The maximum absolute atomic E-state index is 12.7. The Balaban J connectivity index is 1.92. The zero-order valence-electron chi connectivity index (χ0n) is 14.0. The Bertz CT molecular complexity index is 1330. The fourth-order valence-electron chi connectivity index (χ4n) is 2.88. The van der Waals surface area contributed by atoms with Crippen molar-refractivity contribution < 1.29 is 9.21 Å². The molecule has 0 aliphatic rings. The first-order valence-corrected chi connectivity index (χ1v) is 9.65. The summed E-state index contributed by atoms with van der Waals surface area (Å²) < 4.78 is 8.04. The molecule has 2 aromatic carbocycles. The monoisotopic (exact) mass is 418 g/mol. The lowest BCUT2D eigenvalue weighted by Gasteiger charge is -2.03. The highest BCUT2D eigenvalue weighted by molar-refractivity contribution is 7.16. The Hall–Kier alpha value is -2.41. The molecule has 2 aromatic heterocycles. The highest BCUT2D eigenvalue weighted by Gasteiger charge is 2.16. The third-order valence-electron chi connectivity index (χ3n) is 4.12. The van der Waals surface area contributed by atoms with E-state index in [1.165, 1.54) is 11.3 Å². The molecule has 0 spiro atoms. The average Bonchev–Trinajstić information content (AvgIpc) is 2.99. The van der Waals surface area contributed by atoms with Crippen LogP contribution in [-0.4, -0.2) is 10.5 Å². The Kier molecular flexibility index (Phi) is 4.63. The van der Waals surface area contributed by atoms with Gasteiger partial charge >= 0.3 is 0 Å². The zero-order valence-corrected chi connectivity index (χ0v) is 16.4. The Morgan fingerprint density at radius 1 is 1.26 bits per heavy atom. The summed E-state index contributed by atoms with van der Waals surface area (Å²) >= 11 is 13.7. The molecule has 0 saturated heterocycles. The quantitative estimate of drug-likeness (QED) is 0.465. The number of fused-ring (bicyclic) bond motifs is 2. The van der Waals surface area contributed by atoms with Crippen molar-refractivity contribution in [2.24, 2.45) is 4.99 Å². The smallest absolute Gasteiger partial charge is 0.286 e. The molecule has 0 saturated carbocycles. The molecule has 2 heterocycles. The van der Waals surface area contributed by atoms with Crippen LogP contribution in [0.5, 0.6) is 0 Å². The molecule has 27 heavy (non-hydrogen) atoms. The van der Waals surface area contributed by atoms with Crippen LogP contribution in [0.25, 0.3) is 21.2 Å². The minimum absolute atomic E-state index is 0.113. The van der Waals surface area contributed by atoms with Crippen LogP contribution < -0.4 is 10.2 Å². The SMILES string of the molecule is CCn1c(=NC(=O)c2coc3ccccc3c2=O)sc2cc(Cl)cc(Cl)c21. The predicted molar refractivity (Wildman–Crippen MR) is 108 cm³/mol. The van der Waals surface area contributed by atoms with Gasteiger partial charge in [-0.05, 0) is 31.2 Å². The fourth-order valence-corrected chi connectivity index (χ4v) is 4.76. The summed E-state index contributed by atoms with van der Waals surface area (Å²) in [4.78, 5) is 29.9. The summed E-state index contributed by atoms with van der Waals surface area (Å²) in [5, 5.41) is 1.33. The average molecular weight is 419 g/mol. The molecule has 5 nitrogen and oxygen atoms in total. The maximum Gasteiger partial charge on any atom is 0.286 e. The van der Waals surface area contributed by atoms with Crippen molar-refractivity contribution in [3.05, 3.63) is 73.3 Å². The van der Waals surface area contributed by atoms with Crippen LogP contribution in [0, 0.1) is 0 Å². The van der Waals surface area contributed by atoms with Crippen molar-refractivity contribution in [1.82, 2.24) is 4.57 Å². The van der Waals surface area contributed by atoms with Gasteiger partial charge in [-0.25, -0.2) is 0 Å². The molecule has 4 rings (SSSR count). The van der Waals surface area contributed by atoms with Crippen LogP contribution in [-0.2, 0) is 6.54 Å². The minimum Gasteiger partial charge on any atom is -0.463 e. The van der Waals surface area contributed by atoms with E-state index in [-0.39, 0.29) is 5.56 Å². The van der Waals surface area contributed by atoms with Crippen molar-refractivity contribution in [3.8, 4) is 0 Å². The lowest BCUT2D eigenvalue weighted by Crippen LogP contribution is -2.19. The van der Waals surface area contributed by atoms with E-state index in [1.807, 2.05) is 11.5 Å². The fraction of sp³-hybridized carbons (Fsp3) is 0.105. The number of amides is 1. The van der Waals surface area contributed by atoms with Gasteiger partial charge < -0.3 is 8.98 Å². The Morgan fingerprint density at radius 2 is 2.04 bits per heavy atom. The van der Waals surface area contributed by atoms with Gasteiger partial charge in [-0.15, -0.1) is 0 Å². The van der Waals surface area contributed by atoms with Crippen molar-refractivity contribution in [3.63, 3.8) is 0 Å². The van der Waals surface area contributed by atoms with E-state index in [1.54, 1.807) is 36.4 Å². The van der Waals surface area contributed by atoms with Crippen LogP contribution in [0.2, 0.25) is 10.0 Å². The lowest BCUT2D eigenvalue weighted by molar-refractivity contribution is 0.0995. The first-order chi connectivity index (χ1) is 13.0. The molecule has 0 fully saturated rings. The molecule has 0 aliphatic carbocycles. The van der Waals surface area contributed by atoms with Gasteiger partial charge in [-0.3, -0.25) is 9.59 Å². The first-order valence-electron chi connectivity index (χ1n) is 8.07.